The number of Topliss-reactive ketones (excluding diaryl/α,β-unsaturated/α-hetero) is 1. The van der Waals surface area contributed by atoms with E-state index in [1.54, 1.807) is 12.4 Å². The van der Waals surface area contributed by atoms with E-state index < -0.39 is 0 Å². The molecule has 0 radical (unpaired) electrons. The Labute approximate surface area is 120 Å². The van der Waals surface area contributed by atoms with Crippen LogP contribution >= 0.6 is 0 Å². The maximum Gasteiger partial charge on any atom is 0.227 e. The first-order chi connectivity index (χ1) is 10.3. The van der Waals surface area contributed by atoms with Crippen molar-refractivity contribution in [2.24, 2.45) is 0 Å². The van der Waals surface area contributed by atoms with E-state index >= 15 is 0 Å². The summed E-state index contributed by atoms with van der Waals surface area (Å²) in [5.41, 5.74) is 3.34. The number of hydrogen-bond acceptors (Lipinski definition) is 5. The van der Waals surface area contributed by atoms with Crippen LogP contribution in [0.3, 0.4) is 0 Å². The standard InChI is InChI=1S/C15H13N5O/c21-14-3-1-2-12-11(14)8-16-15(19-12)18-10-5-4-9-7-17-20-13(9)6-10/h4-8H,1-3H2,(H,17,20)(H,16,18,19). The van der Waals surface area contributed by atoms with Crippen molar-refractivity contribution in [2.75, 3.05) is 5.32 Å². The van der Waals surface area contributed by atoms with Crippen LogP contribution in [0.2, 0.25) is 0 Å². The summed E-state index contributed by atoms with van der Waals surface area (Å²) in [5, 5.41) is 11.1. The molecule has 21 heavy (non-hydrogen) atoms. The van der Waals surface area contributed by atoms with Crippen molar-refractivity contribution in [2.45, 2.75) is 19.3 Å². The Bertz CT molecular complexity index is 839. The van der Waals surface area contributed by atoms with Crippen LogP contribution in [0.25, 0.3) is 10.9 Å². The third-order valence-corrected chi connectivity index (χ3v) is 3.68. The van der Waals surface area contributed by atoms with Gasteiger partial charge in [-0.15, -0.1) is 0 Å². The summed E-state index contributed by atoms with van der Waals surface area (Å²) in [6.45, 7) is 0. The molecule has 0 fully saturated rings. The van der Waals surface area contributed by atoms with Crippen molar-refractivity contribution in [3.63, 3.8) is 0 Å². The molecule has 2 heterocycles. The summed E-state index contributed by atoms with van der Waals surface area (Å²) in [5.74, 6) is 0.656. The number of aromatic nitrogens is 4. The molecule has 0 spiro atoms. The van der Waals surface area contributed by atoms with E-state index in [4.69, 9.17) is 0 Å². The number of H-pyrrole nitrogens is 1. The van der Waals surface area contributed by atoms with Crippen LogP contribution < -0.4 is 5.32 Å². The Hall–Kier alpha value is -2.76. The molecule has 0 atom stereocenters. The number of aromatic amines is 1. The number of carbonyl (C=O) groups excluding carboxylic acids is 1. The fourth-order valence-electron chi connectivity index (χ4n) is 2.60. The molecule has 2 aromatic heterocycles. The summed E-state index contributed by atoms with van der Waals surface area (Å²) in [4.78, 5) is 20.5. The van der Waals surface area contributed by atoms with Gasteiger partial charge in [-0.1, -0.05) is 0 Å². The summed E-state index contributed by atoms with van der Waals surface area (Å²) in [6, 6.07) is 5.88. The van der Waals surface area contributed by atoms with Gasteiger partial charge in [-0.25, -0.2) is 9.97 Å². The summed E-state index contributed by atoms with van der Waals surface area (Å²) in [6.07, 6.45) is 5.70. The van der Waals surface area contributed by atoms with Crippen LogP contribution in [0.4, 0.5) is 11.6 Å². The lowest BCUT2D eigenvalue weighted by Crippen LogP contribution is -2.14. The van der Waals surface area contributed by atoms with Gasteiger partial charge in [-0.05, 0) is 31.0 Å². The van der Waals surface area contributed by atoms with Gasteiger partial charge in [0.2, 0.25) is 5.95 Å². The number of benzene rings is 1. The van der Waals surface area contributed by atoms with Gasteiger partial charge in [0.1, 0.15) is 0 Å². The monoisotopic (exact) mass is 279 g/mol. The predicted octanol–water partition coefficient (Wildman–Crippen LogP) is 2.62. The Kier molecular flexibility index (Phi) is 2.67. The van der Waals surface area contributed by atoms with Gasteiger partial charge in [0.05, 0.1) is 23.0 Å². The zero-order chi connectivity index (χ0) is 14.2. The van der Waals surface area contributed by atoms with Crippen molar-refractivity contribution < 1.29 is 4.79 Å². The zero-order valence-electron chi connectivity index (χ0n) is 11.3. The van der Waals surface area contributed by atoms with E-state index in [2.05, 4.69) is 25.5 Å². The van der Waals surface area contributed by atoms with Crippen LogP contribution in [0.1, 0.15) is 28.9 Å². The zero-order valence-corrected chi connectivity index (χ0v) is 11.3. The topological polar surface area (TPSA) is 83.6 Å². The second-order valence-corrected chi connectivity index (χ2v) is 5.13. The number of carbonyl (C=O) groups is 1. The van der Waals surface area contributed by atoms with E-state index in [1.807, 2.05) is 18.2 Å². The van der Waals surface area contributed by atoms with E-state index in [9.17, 15) is 4.79 Å². The van der Waals surface area contributed by atoms with Gasteiger partial charge in [0.25, 0.3) is 0 Å². The molecule has 0 bridgehead atoms. The molecular weight excluding hydrogens is 266 g/mol. The highest BCUT2D eigenvalue weighted by molar-refractivity contribution is 5.97. The smallest absolute Gasteiger partial charge is 0.227 e. The Morgan fingerprint density at radius 1 is 1.19 bits per heavy atom. The van der Waals surface area contributed by atoms with Gasteiger partial charge in [0.15, 0.2) is 5.78 Å². The molecular formula is C15H13N5O. The Morgan fingerprint density at radius 3 is 3.10 bits per heavy atom. The number of fused-ring (bicyclic) bond motifs is 2. The van der Waals surface area contributed by atoms with Crippen molar-refractivity contribution in [1.29, 1.82) is 0 Å². The third-order valence-electron chi connectivity index (χ3n) is 3.68. The van der Waals surface area contributed by atoms with Gasteiger partial charge < -0.3 is 5.32 Å². The van der Waals surface area contributed by atoms with E-state index in [0.29, 0.717) is 17.9 Å². The fourth-order valence-corrected chi connectivity index (χ4v) is 2.60. The maximum atomic E-state index is 11.8. The lowest BCUT2D eigenvalue weighted by Gasteiger charge is -2.14. The van der Waals surface area contributed by atoms with Gasteiger partial charge >= 0.3 is 0 Å². The molecule has 4 rings (SSSR count). The molecule has 2 N–H and O–H groups in total. The Morgan fingerprint density at radius 2 is 2.14 bits per heavy atom. The molecule has 6 heteroatoms. The van der Waals surface area contributed by atoms with Crippen molar-refractivity contribution in [3.05, 3.63) is 41.9 Å². The lowest BCUT2D eigenvalue weighted by molar-refractivity contribution is 0.0971. The predicted molar refractivity (Wildman–Crippen MR) is 78.7 cm³/mol. The summed E-state index contributed by atoms with van der Waals surface area (Å²) >= 11 is 0. The second kappa shape index (κ2) is 4.66. The molecule has 3 aromatic rings. The Balaban J connectivity index is 1.66. The van der Waals surface area contributed by atoms with E-state index in [0.717, 1.165) is 35.1 Å². The first-order valence-corrected chi connectivity index (χ1v) is 6.89. The molecule has 0 aliphatic heterocycles. The number of anilines is 2. The van der Waals surface area contributed by atoms with E-state index in [-0.39, 0.29) is 5.78 Å². The van der Waals surface area contributed by atoms with E-state index in [1.165, 1.54) is 0 Å². The van der Waals surface area contributed by atoms with Gasteiger partial charge in [-0.3, -0.25) is 9.89 Å². The normalized spacial score (nSPS) is 14.2. The average molecular weight is 279 g/mol. The molecule has 1 aromatic carbocycles. The minimum atomic E-state index is 0.140. The number of nitrogens with zero attached hydrogens (tertiary/aromatic N) is 3. The lowest BCUT2D eigenvalue weighted by atomic mass is 9.96. The van der Waals surface area contributed by atoms with Crippen LogP contribution in [0.5, 0.6) is 0 Å². The molecule has 0 saturated carbocycles. The first kappa shape index (κ1) is 12.0. The SMILES string of the molecule is O=C1CCCc2nc(Nc3ccc4cn[nH]c4c3)ncc21. The molecule has 0 amide bonds. The summed E-state index contributed by atoms with van der Waals surface area (Å²) in [7, 11) is 0. The first-order valence-electron chi connectivity index (χ1n) is 6.89. The molecule has 104 valence electrons. The number of aryl methyl sites for hydroxylation is 1. The number of nitrogens with one attached hydrogen (secondary N) is 2. The van der Waals surface area contributed by atoms with Gasteiger partial charge in [-0.2, -0.15) is 5.10 Å². The maximum absolute atomic E-state index is 11.8. The second-order valence-electron chi connectivity index (χ2n) is 5.13. The highest BCUT2D eigenvalue weighted by Gasteiger charge is 2.19. The number of rotatable bonds is 2. The minimum Gasteiger partial charge on any atom is -0.324 e. The molecule has 1 aliphatic carbocycles. The van der Waals surface area contributed by atoms with Crippen molar-refractivity contribution in [1.82, 2.24) is 20.2 Å². The highest BCUT2D eigenvalue weighted by Crippen LogP contribution is 2.22. The molecule has 0 unspecified atom stereocenters. The highest BCUT2D eigenvalue weighted by atomic mass is 16.1. The molecule has 0 saturated heterocycles. The van der Waals surface area contributed by atoms with Crippen LogP contribution in [-0.4, -0.2) is 25.9 Å². The fraction of sp³-hybridized carbons (Fsp3) is 0.200. The van der Waals surface area contributed by atoms with Crippen LogP contribution in [0, 0.1) is 0 Å². The number of ketones is 1. The quantitative estimate of drug-likeness (QED) is 0.753. The molecule has 1 aliphatic rings. The summed E-state index contributed by atoms with van der Waals surface area (Å²) < 4.78 is 0. The minimum absolute atomic E-state index is 0.140. The average Bonchev–Trinajstić information content (AvgIpc) is 2.95. The van der Waals surface area contributed by atoms with Crippen molar-refractivity contribution >= 4 is 28.3 Å². The van der Waals surface area contributed by atoms with Crippen molar-refractivity contribution in [3.8, 4) is 0 Å². The third kappa shape index (κ3) is 2.14. The van der Waals surface area contributed by atoms with Gasteiger partial charge in [0, 0.05) is 23.7 Å². The largest absolute Gasteiger partial charge is 0.324 e. The van der Waals surface area contributed by atoms with Crippen LogP contribution in [0.15, 0.2) is 30.6 Å². The molecule has 6 nitrogen and oxygen atoms in total. The number of hydrogen-bond donors (Lipinski definition) is 2. The van der Waals surface area contributed by atoms with Crippen LogP contribution in [-0.2, 0) is 6.42 Å².